The number of benzene rings is 2. The van der Waals surface area contributed by atoms with Gasteiger partial charge in [0, 0.05) is 17.0 Å². The highest BCUT2D eigenvalue weighted by Gasteiger charge is 2.35. The monoisotopic (exact) mass is 372 g/mol. The number of aromatic hydroxyl groups is 1. The van der Waals surface area contributed by atoms with Gasteiger partial charge in [-0.25, -0.2) is 0 Å². The minimum absolute atomic E-state index is 0.0201. The van der Waals surface area contributed by atoms with Crippen LogP contribution in [0.25, 0.3) is 0 Å². The van der Waals surface area contributed by atoms with Gasteiger partial charge in [-0.15, -0.1) is 0 Å². The van der Waals surface area contributed by atoms with E-state index in [-0.39, 0.29) is 29.3 Å². The average molecular weight is 372 g/mol. The topological polar surface area (TPSA) is 91.3 Å². The fourth-order valence-electron chi connectivity index (χ4n) is 3.40. The number of rotatable bonds is 5. The van der Waals surface area contributed by atoms with Crippen molar-refractivity contribution in [2.75, 3.05) is 21.3 Å². The maximum absolute atomic E-state index is 12.1. The first kappa shape index (κ1) is 18.6. The summed E-state index contributed by atoms with van der Waals surface area (Å²) in [6.07, 6.45) is -0.0201. The van der Waals surface area contributed by atoms with Gasteiger partial charge >= 0.3 is 5.97 Å². The third-order valence-corrected chi connectivity index (χ3v) is 4.61. The lowest BCUT2D eigenvalue weighted by Gasteiger charge is -2.28. The summed E-state index contributed by atoms with van der Waals surface area (Å²) in [6, 6.07) is 6.40. The zero-order valence-corrected chi connectivity index (χ0v) is 15.5. The molecule has 0 aromatic heterocycles. The number of methoxy groups -OCH3 is 3. The number of Topliss-reactive ketones (excluding diaryl/α,β-unsaturated/α-hetero) is 1. The van der Waals surface area contributed by atoms with Crippen molar-refractivity contribution in [3.63, 3.8) is 0 Å². The fraction of sp³-hybridized carbons (Fsp3) is 0.300. The van der Waals surface area contributed by atoms with Crippen molar-refractivity contribution < 1.29 is 33.6 Å². The van der Waals surface area contributed by atoms with Crippen molar-refractivity contribution in [3.8, 4) is 28.7 Å². The summed E-state index contributed by atoms with van der Waals surface area (Å²) in [5.41, 5.74) is 1.15. The van der Waals surface area contributed by atoms with E-state index in [0.717, 1.165) is 0 Å². The number of carbonyl (C=O) groups excluding carboxylic acids is 2. The molecule has 1 aliphatic heterocycles. The molecule has 0 radical (unpaired) electrons. The van der Waals surface area contributed by atoms with Gasteiger partial charge in [0.15, 0.2) is 17.3 Å². The van der Waals surface area contributed by atoms with Gasteiger partial charge < -0.3 is 24.1 Å². The van der Waals surface area contributed by atoms with Crippen LogP contribution in [0.3, 0.4) is 0 Å². The molecule has 27 heavy (non-hydrogen) atoms. The number of phenols is 1. The maximum Gasteiger partial charge on any atom is 0.312 e. The molecule has 2 aromatic carbocycles. The molecule has 7 nitrogen and oxygen atoms in total. The van der Waals surface area contributed by atoms with E-state index in [2.05, 4.69) is 0 Å². The van der Waals surface area contributed by atoms with E-state index >= 15 is 0 Å². The lowest BCUT2D eigenvalue weighted by atomic mass is 9.83. The van der Waals surface area contributed by atoms with Gasteiger partial charge in [-0.1, -0.05) is 6.07 Å². The number of hydrogen-bond donors (Lipinski definition) is 1. The van der Waals surface area contributed by atoms with Crippen LogP contribution in [0, 0.1) is 0 Å². The predicted octanol–water partition coefficient (Wildman–Crippen LogP) is 3.06. The van der Waals surface area contributed by atoms with Crippen LogP contribution in [0.2, 0.25) is 0 Å². The molecule has 0 amide bonds. The number of ketones is 1. The highest BCUT2D eigenvalue weighted by molar-refractivity contribution is 5.98. The van der Waals surface area contributed by atoms with Gasteiger partial charge in [0.25, 0.3) is 0 Å². The van der Waals surface area contributed by atoms with E-state index in [4.69, 9.17) is 18.9 Å². The smallest absolute Gasteiger partial charge is 0.312 e. The average Bonchev–Trinajstić information content (AvgIpc) is 2.65. The first-order valence-corrected chi connectivity index (χ1v) is 8.29. The van der Waals surface area contributed by atoms with E-state index in [9.17, 15) is 14.7 Å². The molecule has 1 heterocycles. The Morgan fingerprint density at radius 1 is 1.07 bits per heavy atom. The molecule has 142 valence electrons. The Morgan fingerprint density at radius 3 is 2.37 bits per heavy atom. The summed E-state index contributed by atoms with van der Waals surface area (Å²) >= 11 is 0. The molecule has 0 aliphatic carbocycles. The second kappa shape index (κ2) is 7.19. The summed E-state index contributed by atoms with van der Waals surface area (Å²) < 4.78 is 21.5. The van der Waals surface area contributed by atoms with Gasteiger partial charge in [-0.3, -0.25) is 9.59 Å². The third-order valence-electron chi connectivity index (χ3n) is 4.61. The summed E-state index contributed by atoms with van der Waals surface area (Å²) in [7, 11) is 4.47. The highest BCUT2D eigenvalue weighted by Crippen LogP contribution is 2.50. The minimum atomic E-state index is -0.574. The number of hydrogen-bond acceptors (Lipinski definition) is 7. The molecule has 0 saturated heterocycles. The summed E-state index contributed by atoms with van der Waals surface area (Å²) in [4.78, 5) is 24.0. The lowest BCUT2D eigenvalue weighted by molar-refractivity contribution is -0.135. The molecule has 0 fully saturated rings. The van der Waals surface area contributed by atoms with Crippen molar-refractivity contribution in [2.45, 2.75) is 19.3 Å². The lowest BCUT2D eigenvalue weighted by Crippen LogP contribution is -2.22. The standard InChI is InChI=1S/C20H20O7/c1-10(21)11-5-7-14-17(18(11)23)13(9-16(22)27-14)12-6-8-15(24-2)20(26-4)19(12)25-3/h5-8,13,23H,9H2,1-4H3/t13-/m0/s1. The van der Waals surface area contributed by atoms with E-state index < -0.39 is 11.9 Å². The second-order valence-corrected chi connectivity index (χ2v) is 6.08. The maximum atomic E-state index is 12.1. The number of ether oxygens (including phenoxy) is 4. The van der Waals surface area contributed by atoms with Crippen molar-refractivity contribution in [1.29, 1.82) is 0 Å². The van der Waals surface area contributed by atoms with Gasteiger partial charge in [0.2, 0.25) is 5.75 Å². The molecule has 3 rings (SSSR count). The largest absolute Gasteiger partial charge is 0.507 e. The molecular weight excluding hydrogens is 352 g/mol. The van der Waals surface area contributed by atoms with E-state index in [1.54, 1.807) is 12.1 Å². The Hall–Kier alpha value is -3.22. The van der Waals surface area contributed by atoms with Crippen LogP contribution >= 0.6 is 0 Å². The van der Waals surface area contributed by atoms with Crippen molar-refractivity contribution in [2.24, 2.45) is 0 Å². The highest BCUT2D eigenvalue weighted by atomic mass is 16.5. The normalized spacial score (nSPS) is 15.6. The zero-order chi connectivity index (χ0) is 19.7. The van der Waals surface area contributed by atoms with Crippen LogP contribution < -0.4 is 18.9 Å². The van der Waals surface area contributed by atoms with Crippen LogP contribution in [-0.2, 0) is 4.79 Å². The van der Waals surface area contributed by atoms with Crippen LogP contribution in [0.5, 0.6) is 28.7 Å². The third kappa shape index (κ3) is 3.05. The second-order valence-electron chi connectivity index (χ2n) is 6.08. The van der Waals surface area contributed by atoms with Crippen LogP contribution in [0.1, 0.15) is 40.7 Å². The van der Waals surface area contributed by atoms with E-state index in [1.807, 2.05) is 0 Å². The Bertz CT molecular complexity index is 917. The molecule has 1 atom stereocenters. The molecule has 1 N–H and O–H groups in total. The van der Waals surface area contributed by atoms with Crippen molar-refractivity contribution >= 4 is 11.8 Å². The molecule has 0 spiro atoms. The first-order chi connectivity index (χ1) is 12.9. The number of carbonyl (C=O) groups is 2. The molecule has 1 aliphatic rings. The molecule has 0 saturated carbocycles. The number of fused-ring (bicyclic) bond motifs is 1. The fourth-order valence-corrected chi connectivity index (χ4v) is 3.40. The van der Waals surface area contributed by atoms with Crippen molar-refractivity contribution in [1.82, 2.24) is 0 Å². The quantitative estimate of drug-likeness (QED) is 0.490. The van der Waals surface area contributed by atoms with Gasteiger partial charge in [-0.05, 0) is 25.1 Å². The molecule has 0 unspecified atom stereocenters. The van der Waals surface area contributed by atoms with Crippen LogP contribution in [0.4, 0.5) is 0 Å². The predicted molar refractivity (Wildman–Crippen MR) is 96.3 cm³/mol. The van der Waals surface area contributed by atoms with Crippen molar-refractivity contribution in [3.05, 3.63) is 41.0 Å². The number of phenolic OH excluding ortho intramolecular Hbond substituents is 1. The summed E-state index contributed by atoms with van der Waals surface area (Å²) in [5, 5.41) is 10.7. The Kier molecular flexibility index (Phi) is 4.94. The minimum Gasteiger partial charge on any atom is -0.507 e. The van der Waals surface area contributed by atoms with E-state index in [0.29, 0.717) is 28.4 Å². The zero-order valence-electron chi connectivity index (χ0n) is 15.5. The van der Waals surface area contributed by atoms with E-state index in [1.165, 1.54) is 40.4 Å². The van der Waals surface area contributed by atoms with Crippen LogP contribution in [0.15, 0.2) is 24.3 Å². The molecule has 7 heteroatoms. The Labute approximate surface area is 156 Å². The van der Waals surface area contributed by atoms with Gasteiger partial charge in [0.05, 0.1) is 33.3 Å². The summed E-state index contributed by atoms with van der Waals surface area (Å²) in [5.74, 6) is -0.0569. The molecule has 0 bridgehead atoms. The number of esters is 1. The Balaban J connectivity index is 2.27. The molecular formula is C20H20O7. The Morgan fingerprint density at radius 2 is 1.78 bits per heavy atom. The van der Waals surface area contributed by atoms with Gasteiger partial charge in [0.1, 0.15) is 11.5 Å². The SMILES string of the molecule is COc1ccc([C@@H]2CC(=O)Oc3ccc(C(C)=O)c(O)c32)c(OC)c1OC. The first-order valence-electron chi connectivity index (χ1n) is 8.29. The molecule has 2 aromatic rings. The van der Waals surface area contributed by atoms with Crippen LogP contribution in [-0.4, -0.2) is 38.2 Å². The summed E-state index contributed by atoms with van der Waals surface area (Å²) in [6.45, 7) is 1.36. The van der Waals surface area contributed by atoms with Gasteiger partial charge in [-0.2, -0.15) is 0 Å².